The smallest absolute Gasteiger partial charge is 0.243 e. The van der Waals surface area contributed by atoms with E-state index in [0.29, 0.717) is 19.6 Å². The summed E-state index contributed by atoms with van der Waals surface area (Å²) in [6, 6.07) is 0. The van der Waals surface area contributed by atoms with Crippen molar-refractivity contribution in [2.24, 2.45) is 11.7 Å². The Morgan fingerprint density at radius 2 is 2.25 bits per heavy atom. The summed E-state index contributed by atoms with van der Waals surface area (Å²) >= 11 is 0. The predicted octanol–water partition coefficient (Wildman–Crippen LogP) is 0.429. The Labute approximate surface area is 73.4 Å². The lowest BCUT2D eigenvalue weighted by atomic mass is 10.0. The van der Waals surface area contributed by atoms with Crippen LogP contribution in [-0.2, 0) is 9.63 Å². The molecule has 4 heteroatoms. The second kappa shape index (κ2) is 7.06. The number of nitrogens with two attached hydrogens (primary N) is 1. The zero-order chi connectivity index (χ0) is 9.40. The van der Waals surface area contributed by atoms with E-state index < -0.39 is 0 Å². The fourth-order valence-corrected chi connectivity index (χ4v) is 0.851. The summed E-state index contributed by atoms with van der Waals surface area (Å²) in [4.78, 5) is 15.8. The van der Waals surface area contributed by atoms with Gasteiger partial charge in [-0.25, -0.2) is 5.48 Å². The van der Waals surface area contributed by atoms with Crippen LogP contribution in [0.25, 0.3) is 0 Å². The Morgan fingerprint density at radius 1 is 1.58 bits per heavy atom. The molecule has 0 spiro atoms. The summed E-state index contributed by atoms with van der Waals surface area (Å²) in [6.45, 7) is 4.88. The zero-order valence-corrected chi connectivity index (χ0v) is 7.80. The number of carbonyl (C=O) groups excluding carboxylic acids is 1. The van der Waals surface area contributed by atoms with Gasteiger partial charge in [-0.05, 0) is 19.4 Å². The first kappa shape index (κ1) is 11.4. The second-order valence-corrected chi connectivity index (χ2v) is 2.67. The predicted molar refractivity (Wildman–Crippen MR) is 47.2 cm³/mol. The van der Waals surface area contributed by atoms with Crippen molar-refractivity contribution >= 4 is 5.91 Å². The first-order chi connectivity index (χ1) is 5.74. The highest BCUT2D eigenvalue weighted by Crippen LogP contribution is 2.04. The van der Waals surface area contributed by atoms with Crippen molar-refractivity contribution < 1.29 is 9.63 Å². The molecule has 1 amide bonds. The largest absolute Gasteiger partial charge is 0.330 e. The van der Waals surface area contributed by atoms with E-state index in [0.717, 1.165) is 6.42 Å². The molecule has 0 fully saturated rings. The standard InChI is InChI=1S/C8H18N2O2/c1-3-7(6-9)5-8(11)10-12-4-2/h7H,3-6,9H2,1-2H3,(H,10,11). The van der Waals surface area contributed by atoms with Crippen LogP contribution in [0.5, 0.6) is 0 Å². The molecule has 0 aromatic carbocycles. The molecule has 1 unspecified atom stereocenters. The van der Waals surface area contributed by atoms with Gasteiger partial charge in [-0.3, -0.25) is 9.63 Å². The SMILES string of the molecule is CCONC(=O)CC(CC)CN. The molecule has 0 radical (unpaired) electrons. The lowest BCUT2D eigenvalue weighted by Gasteiger charge is -2.10. The minimum Gasteiger partial charge on any atom is -0.330 e. The Hall–Kier alpha value is -0.610. The number of amides is 1. The van der Waals surface area contributed by atoms with Crippen LogP contribution in [0.2, 0.25) is 0 Å². The van der Waals surface area contributed by atoms with Gasteiger partial charge in [0.1, 0.15) is 0 Å². The fourth-order valence-electron chi connectivity index (χ4n) is 0.851. The van der Waals surface area contributed by atoms with Crippen molar-refractivity contribution in [2.75, 3.05) is 13.2 Å². The maximum Gasteiger partial charge on any atom is 0.243 e. The van der Waals surface area contributed by atoms with E-state index in [9.17, 15) is 4.79 Å². The summed E-state index contributed by atoms with van der Waals surface area (Å²) in [7, 11) is 0. The Balaban J connectivity index is 3.52. The summed E-state index contributed by atoms with van der Waals surface area (Å²) in [5.41, 5.74) is 7.78. The number of hydroxylamine groups is 1. The molecule has 4 nitrogen and oxygen atoms in total. The van der Waals surface area contributed by atoms with Gasteiger partial charge in [0, 0.05) is 6.42 Å². The summed E-state index contributed by atoms with van der Waals surface area (Å²) < 4.78 is 0. The third-order valence-electron chi connectivity index (χ3n) is 1.72. The number of hydrogen-bond acceptors (Lipinski definition) is 3. The number of carbonyl (C=O) groups is 1. The molecule has 0 saturated carbocycles. The van der Waals surface area contributed by atoms with Gasteiger partial charge in [0.15, 0.2) is 0 Å². The Kier molecular flexibility index (Phi) is 6.70. The molecule has 1 atom stereocenters. The molecule has 0 aliphatic heterocycles. The van der Waals surface area contributed by atoms with Gasteiger partial charge in [0.2, 0.25) is 5.91 Å². The average Bonchev–Trinajstić information content (AvgIpc) is 2.10. The van der Waals surface area contributed by atoms with Crippen LogP contribution in [0.1, 0.15) is 26.7 Å². The van der Waals surface area contributed by atoms with Crippen molar-refractivity contribution in [1.29, 1.82) is 0 Å². The Bertz CT molecular complexity index is 124. The molecule has 0 bridgehead atoms. The van der Waals surface area contributed by atoms with Crippen molar-refractivity contribution in [2.45, 2.75) is 26.7 Å². The minimum absolute atomic E-state index is 0.0887. The number of nitrogens with one attached hydrogen (secondary N) is 1. The maximum atomic E-state index is 11.0. The molecule has 72 valence electrons. The van der Waals surface area contributed by atoms with Gasteiger partial charge in [-0.1, -0.05) is 13.3 Å². The van der Waals surface area contributed by atoms with Crippen molar-refractivity contribution in [3.8, 4) is 0 Å². The highest BCUT2D eigenvalue weighted by Gasteiger charge is 2.09. The van der Waals surface area contributed by atoms with Gasteiger partial charge in [-0.2, -0.15) is 0 Å². The minimum atomic E-state index is -0.0887. The van der Waals surface area contributed by atoms with Gasteiger partial charge in [-0.15, -0.1) is 0 Å². The molecule has 0 aliphatic carbocycles. The first-order valence-corrected chi connectivity index (χ1v) is 4.35. The van der Waals surface area contributed by atoms with Crippen molar-refractivity contribution in [1.82, 2.24) is 5.48 Å². The van der Waals surface area contributed by atoms with E-state index in [1.807, 2.05) is 13.8 Å². The van der Waals surface area contributed by atoms with Crippen LogP contribution in [0.3, 0.4) is 0 Å². The normalized spacial score (nSPS) is 12.6. The zero-order valence-electron chi connectivity index (χ0n) is 7.80. The molecule has 0 saturated heterocycles. The van der Waals surface area contributed by atoms with Gasteiger partial charge >= 0.3 is 0 Å². The molecule has 0 rings (SSSR count). The maximum absolute atomic E-state index is 11.0. The van der Waals surface area contributed by atoms with Crippen molar-refractivity contribution in [3.63, 3.8) is 0 Å². The molecule has 0 aromatic rings. The molecule has 12 heavy (non-hydrogen) atoms. The third-order valence-corrected chi connectivity index (χ3v) is 1.72. The van der Waals surface area contributed by atoms with Crippen LogP contribution in [0.15, 0.2) is 0 Å². The van der Waals surface area contributed by atoms with E-state index in [-0.39, 0.29) is 11.8 Å². The third kappa shape index (κ3) is 5.09. The first-order valence-electron chi connectivity index (χ1n) is 4.35. The average molecular weight is 174 g/mol. The van der Waals surface area contributed by atoms with E-state index in [4.69, 9.17) is 10.6 Å². The van der Waals surface area contributed by atoms with Crippen molar-refractivity contribution in [3.05, 3.63) is 0 Å². The summed E-state index contributed by atoms with van der Waals surface area (Å²) in [5.74, 6) is 0.180. The molecule has 0 aliphatic rings. The van der Waals surface area contributed by atoms with Crippen LogP contribution < -0.4 is 11.2 Å². The summed E-state index contributed by atoms with van der Waals surface area (Å²) in [5, 5.41) is 0. The quantitative estimate of drug-likeness (QED) is 0.574. The highest BCUT2D eigenvalue weighted by atomic mass is 16.6. The lowest BCUT2D eigenvalue weighted by molar-refractivity contribution is -0.134. The van der Waals surface area contributed by atoms with Crippen LogP contribution in [0.4, 0.5) is 0 Å². The van der Waals surface area contributed by atoms with Crippen LogP contribution in [-0.4, -0.2) is 19.1 Å². The number of rotatable bonds is 6. The molecule has 0 aromatic heterocycles. The van der Waals surface area contributed by atoms with Gasteiger partial charge in [0.25, 0.3) is 0 Å². The monoisotopic (exact) mass is 174 g/mol. The van der Waals surface area contributed by atoms with E-state index in [1.165, 1.54) is 0 Å². The van der Waals surface area contributed by atoms with E-state index >= 15 is 0 Å². The van der Waals surface area contributed by atoms with Crippen LogP contribution >= 0.6 is 0 Å². The second-order valence-electron chi connectivity index (χ2n) is 2.67. The van der Waals surface area contributed by atoms with E-state index in [1.54, 1.807) is 0 Å². The molecular weight excluding hydrogens is 156 g/mol. The molecule has 0 heterocycles. The van der Waals surface area contributed by atoms with Gasteiger partial charge < -0.3 is 5.73 Å². The topological polar surface area (TPSA) is 64.3 Å². The number of hydrogen-bond donors (Lipinski definition) is 2. The fraction of sp³-hybridized carbons (Fsp3) is 0.875. The molecular formula is C8H18N2O2. The summed E-state index contributed by atoms with van der Waals surface area (Å²) in [6.07, 6.45) is 1.38. The van der Waals surface area contributed by atoms with Gasteiger partial charge in [0.05, 0.1) is 6.61 Å². The van der Waals surface area contributed by atoms with Crippen LogP contribution in [0, 0.1) is 5.92 Å². The van der Waals surface area contributed by atoms with E-state index in [2.05, 4.69) is 5.48 Å². The Morgan fingerprint density at radius 3 is 2.67 bits per heavy atom. The molecule has 3 N–H and O–H groups in total. The lowest BCUT2D eigenvalue weighted by Crippen LogP contribution is -2.28. The highest BCUT2D eigenvalue weighted by molar-refractivity contribution is 5.75.